The highest BCUT2D eigenvalue weighted by molar-refractivity contribution is 5.27. The molecule has 0 saturated carbocycles. The number of piperidine rings is 1. The number of imidazole rings is 1. The van der Waals surface area contributed by atoms with Crippen molar-refractivity contribution >= 4 is 5.95 Å². The average molecular weight is 234 g/mol. The van der Waals surface area contributed by atoms with Crippen LogP contribution >= 0.6 is 0 Å². The monoisotopic (exact) mass is 234 g/mol. The highest BCUT2D eigenvalue weighted by Gasteiger charge is 2.37. The lowest BCUT2D eigenvalue weighted by atomic mass is 9.99. The standard InChI is InChI=1S/C13H22N4/c1-2-14-13-15-7-10-17(13)12-6-9-16-8-4-3-5-11(12)16/h7,10-12H,2-6,8-9H2,1H3,(H,14,15). The highest BCUT2D eigenvalue weighted by Crippen LogP contribution is 2.36. The van der Waals surface area contributed by atoms with Crippen molar-refractivity contribution in [3.8, 4) is 0 Å². The van der Waals surface area contributed by atoms with Gasteiger partial charge in [0.1, 0.15) is 0 Å². The minimum atomic E-state index is 0.631. The van der Waals surface area contributed by atoms with Crippen molar-refractivity contribution in [3.05, 3.63) is 12.4 Å². The molecular weight excluding hydrogens is 212 g/mol. The summed E-state index contributed by atoms with van der Waals surface area (Å²) in [6.45, 7) is 5.63. The summed E-state index contributed by atoms with van der Waals surface area (Å²) in [5.41, 5.74) is 0. The first-order chi connectivity index (χ1) is 8.40. The van der Waals surface area contributed by atoms with Gasteiger partial charge in [-0.3, -0.25) is 4.90 Å². The van der Waals surface area contributed by atoms with Gasteiger partial charge in [-0.15, -0.1) is 0 Å². The number of anilines is 1. The predicted octanol–water partition coefficient (Wildman–Crippen LogP) is 2.11. The number of hydrogen-bond acceptors (Lipinski definition) is 3. The molecule has 2 aliphatic rings. The van der Waals surface area contributed by atoms with Crippen molar-refractivity contribution in [2.24, 2.45) is 0 Å². The number of rotatable bonds is 3. The molecule has 3 rings (SSSR count). The molecule has 0 bridgehead atoms. The van der Waals surface area contributed by atoms with E-state index < -0.39 is 0 Å². The highest BCUT2D eigenvalue weighted by atomic mass is 15.3. The minimum Gasteiger partial charge on any atom is -0.356 e. The zero-order valence-electron chi connectivity index (χ0n) is 10.6. The van der Waals surface area contributed by atoms with Gasteiger partial charge in [0, 0.05) is 31.5 Å². The van der Waals surface area contributed by atoms with Crippen molar-refractivity contribution < 1.29 is 0 Å². The molecule has 0 aliphatic carbocycles. The zero-order chi connectivity index (χ0) is 11.7. The number of fused-ring (bicyclic) bond motifs is 1. The van der Waals surface area contributed by atoms with Crippen LogP contribution in [0.25, 0.3) is 0 Å². The fraction of sp³-hybridized carbons (Fsp3) is 0.769. The predicted molar refractivity (Wildman–Crippen MR) is 69.3 cm³/mol. The van der Waals surface area contributed by atoms with Gasteiger partial charge in [-0.1, -0.05) is 6.42 Å². The maximum absolute atomic E-state index is 4.42. The molecule has 0 spiro atoms. The first-order valence-corrected chi connectivity index (χ1v) is 6.91. The molecule has 0 radical (unpaired) electrons. The van der Waals surface area contributed by atoms with Crippen LogP contribution in [0.4, 0.5) is 5.95 Å². The van der Waals surface area contributed by atoms with E-state index in [0.717, 1.165) is 18.5 Å². The third-order valence-corrected chi connectivity index (χ3v) is 4.18. The van der Waals surface area contributed by atoms with E-state index in [4.69, 9.17) is 0 Å². The van der Waals surface area contributed by atoms with Gasteiger partial charge in [0.05, 0.1) is 6.04 Å². The van der Waals surface area contributed by atoms with Crippen LogP contribution in [0.5, 0.6) is 0 Å². The Balaban J connectivity index is 1.81. The number of nitrogens with one attached hydrogen (secondary N) is 1. The van der Waals surface area contributed by atoms with E-state index in [0.29, 0.717) is 6.04 Å². The fourth-order valence-corrected chi connectivity index (χ4v) is 3.42. The zero-order valence-corrected chi connectivity index (χ0v) is 10.6. The average Bonchev–Trinajstić information content (AvgIpc) is 2.95. The lowest BCUT2D eigenvalue weighted by molar-refractivity contribution is 0.174. The summed E-state index contributed by atoms with van der Waals surface area (Å²) in [4.78, 5) is 7.09. The van der Waals surface area contributed by atoms with Crippen LogP contribution in [0.2, 0.25) is 0 Å². The SMILES string of the molecule is CCNc1nccn1C1CCN2CCCCC12. The fourth-order valence-electron chi connectivity index (χ4n) is 3.42. The molecule has 0 amide bonds. The van der Waals surface area contributed by atoms with E-state index in [1.54, 1.807) is 0 Å². The van der Waals surface area contributed by atoms with Crippen molar-refractivity contribution in [1.29, 1.82) is 0 Å². The Hall–Kier alpha value is -1.03. The Bertz CT molecular complexity index is 373. The van der Waals surface area contributed by atoms with E-state index in [1.807, 2.05) is 6.20 Å². The molecule has 1 N–H and O–H groups in total. The Morgan fingerprint density at radius 3 is 3.12 bits per heavy atom. The van der Waals surface area contributed by atoms with Gasteiger partial charge in [0.25, 0.3) is 0 Å². The molecule has 4 heteroatoms. The van der Waals surface area contributed by atoms with Gasteiger partial charge in [-0.25, -0.2) is 4.98 Å². The van der Waals surface area contributed by atoms with Crippen LogP contribution in [-0.4, -0.2) is 40.1 Å². The largest absolute Gasteiger partial charge is 0.356 e. The molecular formula is C13H22N4. The summed E-state index contributed by atoms with van der Waals surface area (Å²) in [5, 5.41) is 3.36. The van der Waals surface area contributed by atoms with Crippen LogP contribution in [0.3, 0.4) is 0 Å². The summed E-state index contributed by atoms with van der Waals surface area (Å²) in [7, 11) is 0. The molecule has 2 aliphatic heterocycles. The second-order valence-corrected chi connectivity index (χ2v) is 5.14. The molecule has 17 heavy (non-hydrogen) atoms. The van der Waals surface area contributed by atoms with Crippen LogP contribution in [0.15, 0.2) is 12.4 Å². The first kappa shape index (κ1) is 11.1. The van der Waals surface area contributed by atoms with Crippen LogP contribution in [0.1, 0.15) is 38.6 Å². The van der Waals surface area contributed by atoms with Gasteiger partial charge in [-0.2, -0.15) is 0 Å². The second-order valence-electron chi connectivity index (χ2n) is 5.14. The van der Waals surface area contributed by atoms with Gasteiger partial charge in [0.15, 0.2) is 0 Å². The number of aromatic nitrogens is 2. The van der Waals surface area contributed by atoms with Crippen LogP contribution < -0.4 is 5.32 Å². The van der Waals surface area contributed by atoms with E-state index in [-0.39, 0.29) is 0 Å². The van der Waals surface area contributed by atoms with E-state index in [1.165, 1.54) is 38.8 Å². The van der Waals surface area contributed by atoms with E-state index in [2.05, 4.69) is 32.9 Å². The Labute approximate surface area is 103 Å². The summed E-state index contributed by atoms with van der Waals surface area (Å²) in [6, 6.07) is 1.38. The van der Waals surface area contributed by atoms with Crippen molar-refractivity contribution in [2.45, 2.75) is 44.7 Å². The Morgan fingerprint density at radius 1 is 1.29 bits per heavy atom. The lowest BCUT2D eigenvalue weighted by Gasteiger charge is -2.33. The topological polar surface area (TPSA) is 33.1 Å². The van der Waals surface area contributed by atoms with Crippen LogP contribution in [-0.2, 0) is 0 Å². The molecule has 2 atom stereocenters. The van der Waals surface area contributed by atoms with Gasteiger partial charge >= 0.3 is 0 Å². The third kappa shape index (κ3) is 1.95. The molecule has 1 aromatic heterocycles. The maximum atomic E-state index is 4.42. The summed E-state index contributed by atoms with van der Waals surface area (Å²) >= 11 is 0. The maximum Gasteiger partial charge on any atom is 0.203 e. The van der Waals surface area contributed by atoms with Crippen molar-refractivity contribution in [2.75, 3.05) is 25.0 Å². The minimum absolute atomic E-state index is 0.631. The van der Waals surface area contributed by atoms with E-state index >= 15 is 0 Å². The normalized spacial score (nSPS) is 29.2. The molecule has 3 heterocycles. The van der Waals surface area contributed by atoms with Crippen LogP contribution in [0, 0.1) is 0 Å². The summed E-state index contributed by atoms with van der Waals surface area (Å²) in [5.74, 6) is 1.05. The van der Waals surface area contributed by atoms with Crippen molar-refractivity contribution in [3.63, 3.8) is 0 Å². The van der Waals surface area contributed by atoms with Gasteiger partial charge < -0.3 is 9.88 Å². The van der Waals surface area contributed by atoms with Crippen molar-refractivity contribution in [1.82, 2.24) is 14.5 Å². The smallest absolute Gasteiger partial charge is 0.203 e. The molecule has 4 nitrogen and oxygen atoms in total. The summed E-state index contributed by atoms with van der Waals surface area (Å²) < 4.78 is 2.36. The van der Waals surface area contributed by atoms with Gasteiger partial charge in [0.2, 0.25) is 5.95 Å². The molecule has 1 aromatic rings. The Kier molecular flexibility index (Phi) is 3.05. The number of hydrogen-bond donors (Lipinski definition) is 1. The summed E-state index contributed by atoms with van der Waals surface area (Å²) in [6.07, 6.45) is 9.47. The molecule has 2 fully saturated rings. The molecule has 0 aromatic carbocycles. The Morgan fingerprint density at radius 2 is 2.24 bits per heavy atom. The quantitative estimate of drug-likeness (QED) is 0.869. The molecule has 2 saturated heterocycles. The molecule has 94 valence electrons. The molecule has 2 unspecified atom stereocenters. The third-order valence-electron chi connectivity index (χ3n) is 4.18. The first-order valence-electron chi connectivity index (χ1n) is 6.91. The number of nitrogens with zero attached hydrogens (tertiary/aromatic N) is 3. The van der Waals surface area contributed by atoms with Gasteiger partial charge in [-0.05, 0) is 32.7 Å². The lowest BCUT2D eigenvalue weighted by Crippen LogP contribution is -2.37. The van der Waals surface area contributed by atoms with E-state index in [9.17, 15) is 0 Å². The second kappa shape index (κ2) is 4.69.